The summed E-state index contributed by atoms with van der Waals surface area (Å²) in [5.74, 6) is -1.13. The van der Waals surface area contributed by atoms with E-state index >= 15 is 0 Å². The minimum Gasteiger partial charge on any atom is -0.480 e. The summed E-state index contributed by atoms with van der Waals surface area (Å²) in [6, 6.07) is 0. The van der Waals surface area contributed by atoms with Gasteiger partial charge >= 0.3 is 5.97 Å². The molecule has 0 aromatic heterocycles. The SMILES string of the molecule is Cl.O=C(O)CNCC(F)F. The van der Waals surface area contributed by atoms with Crippen molar-refractivity contribution in [1.82, 2.24) is 5.32 Å². The van der Waals surface area contributed by atoms with Gasteiger partial charge in [0.1, 0.15) is 0 Å². The van der Waals surface area contributed by atoms with E-state index in [-0.39, 0.29) is 12.4 Å². The Bertz CT molecular complexity index is 101. The van der Waals surface area contributed by atoms with Gasteiger partial charge in [0.25, 0.3) is 6.43 Å². The third-order valence-corrected chi connectivity index (χ3v) is 0.575. The highest BCUT2D eigenvalue weighted by Crippen LogP contribution is 1.86. The first-order valence-corrected chi connectivity index (χ1v) is 2.33. The van der Waals surface area contributed by atoms with Crippen molar-refractivity contribution in [3.63, 3.8) is 0 Å². The van der Waals surface area contributed by atoms with Crippen LogP contribution < -0.4 is 5.32 Å². The summed E-state index contributed by atoms with van der Waals surface area (Å²) >= 11 is 0. The molecule has 0 rings (SSSR count). The lowest BCUT2D eigenvalue weighted by atomic mass is 10.6. The highest BCUT2D eigenvalue weighted by atomic mass is 35.5. The Morgan fingerprint density at radius 1 is 1.60 bits per heavy atom. The van der Waals surface area contributed by atoms with Crippen LogP contribution in [-0.4, -0.2) is 30.6 Å². The zero-order valence-corrected chi connectivity index (χ0v) is 5.83. The normalized spacial score (nSPS) is 9.10. The first kappa shape index (κ1) is 12.3. The number of rotatable bonds is 4. The first-order chi connectivity index (χ1) is 4.13. The quantitative estimate of drug-likeness (QED) is 0.648. The molecule has 0 spiro atoms. The van der Waals surface area contributed by atoms with Crippen LogP contribution >= 0.6 is 12.4 Å². The Balaban J connectivity index is 0. The molecule has 10 heavy (non-hydrogen) atoms. The lowest BCUT2D eigenvalue weighted by Crippen LogP contribution is -2.27. The summed E-state index contributed by atoms with van der Waals surface area (Å²) in [5, 5.41) is 9.95. The zero-order valence-electron chi connectivity index (χ0n) is 5.01. The van der Waals surface area contributed by atoms with Gasteiger partial charge < -0.3 is 10.4 Å². The van der Waals surface area contributed by atoms with Crippen LogP contribution in [0.15, 0.2) is 0 Å². The van der Waals surface area contributed by atoms with Crippen LogP contribution in [0.4, 0.5) is 8.78 Å². The van der Waals surface area contributed by atoms with Gasteiger partial charge in [-0.15, -0.1) is 12.4 Å². The second-order valence-electron chi connectivity index (χ2n) is 1.42. The molecule has 6 heteroatoms. The maximum absolute atomic E-state index is 11.2. The molecule has 3 nitrogen and oxygen atoms in total. The average molecular weight is 176 g/mol. The number of aliphatic carboxylic acids is 1. The molecule has 0 atom stereocenters. The molecular weight excluding hydrogens is 167 g/mol. The van der Waals surface area contributed by atoms with Gasteiger partial charge in [0.05, 0.1) is 13.1 Å². The summed E-state index contributed by atoms with van der Waals surface area (Å²) in [6.07, 6.45) is -2.48. The minimum absolute atomic E-state index is 0. The van der Waals surface area contributed by atoms with E-state index in [0.29, 0.717) is 0 Å². The van der Waals surface area contributed by atoms with Crippen molar-refractivity contribution in [3.8, 4) is 0 Å². The fraction of sp³-hybridized carbons (Fsp3) is 0.750. The lowest BCUT2D eigenvalue weighted by molar-refractivity contribution is -0.136. The third kappa shape index (κ3) is 10.5. The predicted octanol–water partition coefficient (Wildman–Crippen LogP) is 0.347. The number of nitrogens with one attached hydrogen (secondary N) is 1. The van der Waals surface area contributed by atoms with Crippen molar-refractivity contribution < 1.29 is 18.7 Å². The Kier molecular flexibility index (Phi) is 8.22. The summed E-state index contributed by atoms with van der Waals surface area (Å²) < 4.78 is 22.5. The molecule has 0 aliphatic rings. The molecule has 0 fully saturated rings. The largest absolute Gasteiger partial charge is 0.480 e. The van der Waals surface area contributed by atoms with E-state index in [1.165, 1.54) is 0 Å². The van der Waals surface area contributed by atoms with Gasteiger partial charge in [0.15, 0.2) is 0 Å². The van der Waals surface area contributed by atoms with Gasteiger partial charge in [-0.3, -0.25) is 4.79 Å². The van der Waals surface area contributed by atoms with Crippen molar-refractivity contribution in [1.29, 1.82) is 0 Å². The summed E-state index contributed by atoms with van der Waals surface area (Å²) in [4.78, 5) is 9.67. The van der Waals surface area contributed by atoms with Crippen LogP contribution in [-0.2, 0) is 4.79 Å². The molecule has 0 heterocycles. The van der Waals surface area contributed by atoms with E-state index in [2.05, 4.69) is 0 Å². The fourth-order valence-electron chi connectivity index (χ4n) is 0.288. The number of hydrogen-bond acceptors (Lipinski definition) is 2. The monoisotopic (exact) mass is 175 g/mol. The van der Waals surface area contributed by atoms with Crippen molar-refractivity contribution in [2.45, 2.75) is 6.43 Å². The van der Waals surface area contributed by atoms with Crippen LogP contribution in [0.25, 0.3) is 0 Å². The summed E-state index contributed by atoms with van der Waals surface area (Å²) in [7, 11) is 0. The van der Waals surface area contributed by atoms with Crippen LogP contribution in [0.2, 0.25) is 0 Å². The standard InChI is InChI=1S/C4H7F2NO2.ClH/c5-3(6)1-7-2-4(8)9;/h3,7H,1-2H2,(H,8,9);1H. The number of carbonyl (C=O) groups is 1. The second-order valence-corrected chi connectivity index (χ2v) is 1.42. The lowest BCUT2D eigenvalue weighted by Gasteiger charge is -1.97. The summed E-state index contributed by atoms with van der Waals surface area (Å²) in [5.41, 5.74) is 0. The Labute approximate surface area is 62.8 Å². The van der Waals surface area contributed by atoms with E-state index in [1.807, 2.05) is 5.32 Å². The number of halogens is 3. The second kappa shape index (κ2) is 6.70. The molecule has 0 aromatic carbocycles. The third-order valence-electron chi connectivity index (χ3n) is 0.575. The van der Waals surface area contributed by atoms with E-state index in [0.717, 1.165) is 0 Å². The number of carboxylic acid groups (broad SMARTS) is 1. The van der Waals surface area contributed by atoms with Gasteiger partial charge in [-0.05, 0) is 0 Å². The Morgan fingerprint density at radius 2 is 2.10 bits per heavy atom. The van der Waals surface area contributed by atoms with Crippen molar-refractivity contribution in [2.75, 3.05) is 13.1 Å². The van der Waals surface area contributed by atoms with Gasteiger partial charge in [0, 0.05) is 0 Å². The van der Waals surface area contributed by atoms with Gasteiger partial charge in [-0.1, -0.05) is 0 Å². The summed E-state index contributed by atoms with van der Waals surface area (Å²) in [6.45, 7) is -0.976. The fourth-order valence-corrected chi connectivity index (χ4v) is 0.288. The average Bonchev–Trinajstić information content (AvgIpc) is 1.63. The van der Waals surface area contributed by atoms with E-state index in [1.54, 1.807) is 0 Å². The first-order valence-electron chi connectivity index (χ1n) is 2.33. The van der Waals surface area contributed by atoms with Gasteiger partial charge in [-0.25, -0.2) is 8.78 Å². The maximum atomic E-state index is 11.2. The van der Waals surface area contributed by atoms with Crippen molar-refractivity contribution in [2.24, 2.45) is 0 Å². The van der Waals surface area contributed by atoms with E-state index in [4.69, 9.17) is 5.11 Å². The van der Waals surface area contributed by atoms with E-state index < -0.39 is 25.5 Å². The van der Waals surface area contributed by atoms with Crippen molar-refractivity contribution in [3.05, 3.63) is 0 Å². The maximum Gasteiger partial charge on any atom is 0.317 e. The Hall–Kier alpha value is -0.420. The zero-order chi connectivity index (χ0) is 7.28. The molecule has 0 aromatic rings. The van der Waals surface area contributed by atoms with Gasteiger partial charge in [0.2, 0.25) is 0 Å². The smallest absolute Gasteiger partial charge is 0.317 e. The van der Waals surface area contributed by atoms with Crippen LogP contribution in [0, 0.1) is 0 Å². The molecular formula is C4H8ClF2NO2. The van der Waals surface area contributed by atoms with E-state index in [9.17, 15) is 13.6 Å². The molecule has 0 saturated heterocycles. The highest BCUT2D eigenvalue weighted by Gasteiger charge is 2.01. The van der Waals surface area contributed by atoms with Crippen molar-refractivity contribution >= 4 is 18.4 Å². The number of alkyl halides is 2. The molecule has 2 N–H and O–H groups in total. The van der Waals surface area contributed by atoms with Gasteiger partial charge in [-0.2, -0.15) is 0 Å². The highest BCUT2D eigenvalue weighted by molar-refractivity contribution is 5.85. The molecule has 62 valence electrons. The van der Waals surface area contributed by atoms with Crippen LogP contribution in [0.3, 0.4) is 0 Å². The molecule has 0 aliphatic heterocycles. The van der Waals surface area contributed by atoms with Crippen LogP contribution in [0.5, 0.6) is 0 Å². The molecule has 0 amide bonds. The molecule has 0 bridgehead atoms. The molecule has 0 unspecified atom stereocenters. The molecule has 0 aliphatic carbocycles. The predicted molar refractivity (Wildman–Crippen MR) is 33.8 cm³/mol. The topological polar surface area (TPSA) is 49.3 Å². The number of carboxylic acids is 1. The Morgan fingerprint density at radius 3 is 2.40 bits per heavy atom. The van der Waals surface area contributed by atoms with Crippen LogP contribution in [0.1, 0.15) is 0 Å². The molecule has 0 radical (unpaired) electrons. The number of hydrogen-bond donors (Lipinski definition) is 2. The molecule has 0 saturated carbocycles. The minimum atomic E-state index is -2.48.